The fourth-order valence-corrected chi connectivity index (χ4v) is 2.89. The number of aromatic nitrogens is 3. The van der Waals surface area contributed by atoms with Gasteiger partial charge in [0.1, 0.15) is 5.82 Å². The zero-order valence-electron chi connectivity index (χ0n) is 14.1. The number of aliphatic hydroxyl groups excluding tert-OH is 1. The van der Waals surface area contributed by atoms with Crippen LogP contribution in [0.2, 0.25) is 0 Å². The van der Waals surface area contributed by atoms with E-state index in [1.54, 1.807) is 4.90 Å². The molecule has 2 aromatic rings. The van der Waals surface area contributed by atoms with Gasteiger partial charge in [-0.25, -0.2) is 4.79 Å². The summed E-state index contributed by atoms with van der Waals surface area (Å²) in [5, 5.41) is 20.3. The largest absolute Gasteiger partial charge is 0.395 e. The first-order valence-electron chi connectivity index (χ1n) is 8.32. The Hall–Kier alpha value is -2.19. The molecule has 0 bridgehead atoms. The SMILES string of the molecule is CC(C)c1nnc2ccc(NC(=O)N3CCN(CCO)CC3)cn12. The zero-order chi connectivity index (χ0) is 17.1. The molecule has 2 aromatic heterocycles. The molecule has 0 spiro atoms. The van der Waals surface area contributed by atoms with Crippen molar-refractivity contribution in [2.24, 2.45) is 0 Å². The first-order chi connectivity index (χ1) is 11.6. The summed E-state index contributed by atoms with van der Waals surface area (Å²) in [6.45, 7) is 7.85. The second-order valence-electron chi connectivity index (χ2n) is 6.34. The summed E-state index contributed by atoms with van der Waals surface area (Å²) in [6, 6.07) is 3.60. The Balaban J connectivity index is 1.66. The van der Waals surface area contributed by atoms with Gasteiger partial charge in [-0.1, -0.05) is 13.8 Å². The Morgan fingerprint density at radius 1 is 1.25 bits per heavy atom. The molecule has 8 nitrogen and oxygen atoms in total. The second-order valence-corrected chi connectivity index (χ2v) is 6.34. The highest BCUT2D eigenvalue weighted by atomic mass is 16.3. The molecule has 130 valence electrons. The van der Waals surface area contributed by atoms with Crippen LogP contribution in [0.15, 0.2) is 18.3 Å². The normalized spacial score (nSPS) is 16.1. The number of β-amino-alcohol motifs (C(OH)–C–C–N with tert-alkyl or cyclic N) is 1. The molecule has 24 heavy (non-hydrogen) atoms. The van der Waals surface area contributed by atoms with Gasteiger partial charge in [0.25, 0.3) is 0 Å². The van der Waals surface area contributed by atoms with Crippen molar-refractivity contribution in [3.63, 3.8) is 0 Å². The molecule has 1 saturated heterocycles. The van der Waals surface area contributed by atoms with E-state index in [-0.39, 0.29) is 18.6 Å². The number of rotatable bonds is 4. The molecule has 1 fully saturated rings. The van der Waals surface area contributed by atoms with Gasteiger partial charge in [-0.05, 0) is 12.1 Å². The average Bonchev–Trinajstić information content (AvgIpc) is 2.99. The van der Waals surface area contributed by atoms with E-state index in [2.05, 4.69) is 34.3 Å². The third-order valence-corrected chi connectivity index (χ3v) is 4.27. The molecule has 0 aromatic carbocycles. The molecular weight excluding hydrogens is 308 g/mol. The average molecular weight is 332 g/mol. The number of piperazine rings is 1. The van der Waals surface area contributed by atoms with Crippen molar-refractivity contribution >= 4 is 17.4 Å². The van der Waals surface area contributed by atoms with Gasteiger partial charge in [0.05, 0.1) is 12.3 Å². The number of pyridine rings is 1. The van der Waals surface area contributed by atoms with Crippen LogP contribution in [-0.4, -0.2) is 74.9 Å². The molecule has 0 unspecified atom stereocenters. The Bertz CT molecular complexity index is 706. The minimum absolute atomic E-state index is 0.0998. The number of amides is 2. The third-order valence-electron chi connectivity index (χ3n) is 4.27. The number of urea groups is 1. The predicted octanol–water partition coefficient (Wildman–Crippen LogP) is 0.994. The molecule has 3 heterocycles. The number of hydrogen-bond acceptors (Lipinski definition) is 5. The summed E-state index contributed by atoms with van der Waals surface area (Å²) >= 11 is 0. The van der Waals surface area contributed by atoms with Gasteiger partial charge in [-0.15, -0.1) is 10.2 Å². The van der Waals surface area contributed by atoms with E-state index in [0.29, 0.717) is 19.6 Å². The number of fused-ring (bicyclic) bond motifs is 1. The highest BCUT2D eigenvalue weighted by Gasteiger charge is 2.21. The third kappa shape index (κ3) is 3.49. The van der Waals surface area contributed by atoms with E-state index in [9.17, 15) is 4.79 Å². The van der Waals surface area contributed by atoms with Crippen molar-refractivity contribution in [1.82, 2.24) is 24.4 Å². The first kappa shape index (κ1) is 16.7. The van der Waals surface area contributed by atoms with Crippen LogP contribution >= 0.6 is 0 Å². The standard InChI is InChI=1S/C16H24N6O2/c1-12(2)15-19-18-14-4-3-13(11-22(14)15)17-16(24)21-7-5-20(6-8-21)9-10-23/h3-4,11-12,23H,5-10H2,1-2H3,(H,17,24). The van der Waals surface area contributed by atoms with Crippen molar-refractivity contribution in [3.05, 3.63) is 24.2 Å². The number of hydrogen-bond donors (Lipinski definition) is 2. The van der Waals surface area contributed by atoms with Gasteiger partial charge in [-0.2, -0.15) is 0 Å². The molecule has 1 aliphatic heterocycles. The van der Waals surface area contributed by atoms with Crippen molar-refractivity contribution in [3.8, 4) is 0 Å². The van der Waals surface area contributed by atoms with Crippen LogP contribution in [0.1, 0.15) is 25.6 Å². The van der Waals surface area contributed by atoms with Gasteiger partial charge in [-0.3, -0.25) is 9.30 Å². The molecule has 0 radical (unpaired) electrons. The number of aliphatic hydroxyl groups is 1. The van der Waals surface area contributed by atoms with Gasteiger partial charge in [0.2, 0.25) is 0 Å². The molecule has 0 aliphatic carbocycles. The summed E-state index contributed by atoms with van der Waals surface area (Å²) in [7, 11) is 0. The molecule has 0 atom stereocenters. The Kier molecular flexibility index (Phi) is 4.96. The topological polar surface area (TPSA) is 86.0 Å². The number of carbonyl (C=O) groups is 1. The van der Waals surface area contributed by atoms with Gasteiger partial charge >= 0.3 is 6.03 Å². The lowest BCUT2D eigenvalue weighted by atomic mass is 10.2. The maximum absolute atomic E-state index is 12.4. The maximum Gasteiger partial charge on any atom is 0.321 e. The monoisotopic (exact) mass is 332 g/mol. The number of nitrogens with zero attached hydrogens (tertiary/aromatic N) is 5. The Morgan fingerprint density at radius 2 is 2.00 bits per heavy atom. The fraction of sp³-hybridized carbons (Fsp3) is 0.562. The predicted molar refractivity (Wildman–Crippen MR) is 91.2 cm³/mol. The lowest BCUT2D eigenvalue weighted by Crippen LogP contribution is -2.50. The van der Waals surface area contributed by atoms with E-state index in [1.807, 2.05) is 22.7 Å². The van der Waals surface area contributed by atoms with E-state index in [1.165, 1.54) is 0 Å². The van der Waals surface area contributed by atoms with Crippen molar-refractivity contribution < 1.29 is 9.90 Å². The van der Waals surface area contributed by atoms with Crippen LogP contribution in [0.5, 0.6) is 0 Å². The number of carbonyl (C=O) groups excluding carboxylic acids is 1. The minimum Gasteiger partial charge on any atom is -0.395 e. The smallest absolute Gasteiger partial charge is 0.321 e. The van der Waals surface area contributed by atoms with E-state index in [0.717, 1.165) is 30.2 Å². The van der Waals surface area contributed by atoms with Crippen LogP contribution in [0.3, 0.4) is 0 Å². The lowest BCUT2D eigenvalue weighted by Gasteiger charge is -2.34. The van der Waals surface area contributed by atoms with Crippen LogP contribution in [-0.2, 0) is 0 Å². The zero-order valence-corrected chi connectivity index (χ0v) is 14.1. The molecule has 3 rings (SSSR count). The highest BCUT2D eigenvalue weighted by molar-refractivity contribution is 5.89. The minimum atomic E-state index is -0.0998. The number of anilines is 1. The van der Waals surface area contributed by atoms with Gasteiger partial charge in [0, 0.05) is 44.8 Å². The van der Waals surface area contributed by atoms with E-state index < -0.39 is 0 Å². The lowest BCUT2D eigenvalue weighted by molar-refractivity contribution is 0.127. The highest BCUT2D eigenvalue weighted by Crippen LogP contribution is 2.17. The van der Waals surface area contributed by atoms with Gasteiger partial charge < -0.3 is 15.3 Å². The molecule has 2 amide bonds. The fourth-order valence-electron chi connectivity index (χ4n) is 2.89. The van der Waals surface area contributed by atoms with E-state index in [4.69, 9.17) is 5.11 Å². The molecule has 1 aliphatic rings. The quantitative estimate of drug-likeness (QED) is 0.872. The summed E-state index contributed by atoms with van der Waals surface area (Å²) in [4.78, 5) is 16.4. The Morgan fingerprint density at radius 3 is 2.67 bits per heavy atom. The maximum atomic E-state index is 12.4. The van der Waals surface area contributed by atoms with Crippen molar-refractivity contribution in [2.75, 3.05) is 44.6 Å². The summed E-state index contributed by atoms with van der Waals surface area (Å²) in [6.07, 6.45) is 1.87. The van der Waals surface area contributed by atoms with Crippen LogP contribution in [0.25, 0.3) is 5.65 Å². The van der Waals surface area contributed by atoms with Crippen LogP contribution in [0, 0.1) is 0 Å². The summed E-state index contributed by atoms with van der Waals surface area (Å²) in [5.41, 5.74) is 1.50. The molecule has 8 heteroatoms. The van der Waals surface area contributed by atoms with Crippen LogP contribution < -0.4 is 5.32 Å². The summed E-state index contributed by atoms with van der Waals surface area (Å²) in [5.74, 6) is 1.13. The van der Waals surface area contributed by atoms with Crippen LogP contribution in [0.4, 0.5) is 10.5 Å². The molecule has 0 saturated carbocycles. The van der Waals surface area contributed by atoms with Gasteiger partial charge in [0.15, 0.2) is 5.65 Å². The van der Waals surface area contributed by atoms with Crippen molar-refractivity contribution in [2.45, 2.75) is 19.8 Å². The molecule has 2 N–H and O–H groups in total. The number of nitrogens with one attached hydrogen (secondary N) is 1. The molecular formula is C16H24N6O2. The second kappa shape index (κ2) is 7.14. The Labute approximate surface area is 141 Å². The summed E-state index contributed by atoms with van der Waals surface area (Å²) < 4.78 is 1.92. The first-order valence-corrected chi connectivity index (χ1v) is 8.32. The van der Waals surface area contributed by atoms with Crippen molar-refractivity contribution in [1.29, 1.82) is 0 Å². The van der Waals surface area contributed by atoms with E-state index >= 15 is 0 Å².